The number of nitrogens with zero attached hydrogens (tertiary/aromatic N) is 1. The lowest BCUT2D eigenvalue weighted by molar-refractivity contribution is 0.137. The topological polar surface area (TPSA) is 29.3 Å². The van der Waals surface area contributed by atoms with Crippen molar-refractivity contribution in [3.05, 3.63) is 34.9 Å². The van der Waals surface area contributed by atoms with Crippen molar-refractivity contribution in [3.63, 3.8) is 0 Å². The molecule has 1 fully saturated rings. The lowest BCUT2D eigenvalue weighted by Crippen LogP contribution is -2.49. The predicted octanol–water partition coefficient (Wildman–Crippen LogP) is 3.56. The van der Waals surface area contributed by atoms with Gasteiger partial charge in [-0.05, 0) is 25.0 Å². The lowest BCUT2D eigenvalue weighted by atomic mass is 9.95. The van der Waals surface area contributed by atoms with Crippen molar-refractivity contribution >= 4 is 23.4 Å². The van der Waals surface area contributed by atoms with Crippen LogP contribution in [0, 0.1) is 0 Å². The van der Waals surface area contributed by atoms with Crippen molar-refractivity contribution in [2.24, 2.45) is 5.73 Å². The Kier molecular flexibility index (Phi) is 5.58. The minimum absolute atomic E-state index is 0.130. The summed E-state index contributed by atoms with van der Waals surface area (Å²) in [6.45, 7) is 5.53. The fourth-order valence-electron chi connectivity index (χ4n) is 2.75. The van der Waals surface area contributed by atoms with Crippen molar-refractivity contribution in [2.75, 3.05) is 18.1 Å². The van der Waals surface area contributed by atoms with Crippen molar-refractivity contribution in [3.8, 4) is 0 Å². The molecule has 0 bridgehead atoms. The van der Waals surface area contributed by atoms with E-state index in [4.69, 9.17) is 17.3 Å². The Morgan fingerprint density at radius 2 is 2.21 bits per heavy atom. The molecule has 106 valence electrons. The Bertz CT molecular complexity index is 413. The number of benzene rings is 1. The van der Waals surface area contributed by atoms with Gasteiger partial charge >= 0.3 is 0 Å². The molecule has 2 N–H and O–H groups in total. The van der Waals surface area contributed by atoms with Gasteiger partial charge in [-0.3, -0.25) is 4.90 Å². The highest BCUT2D eigenvalue weighted by molar-refractivity contribution is 7.99. The molecule has 0 amide bonds. The fraction of sp³-hybridized carbons (Fsp3) is 0.600. The van der Waals surface area contributed by atoms with Crippen LogP contribution in [-0.4, -0.2) is 35.0 Å². The van der Waals surface area contributed by atoms with E-state index in [1.807, 2.05) is 23.9 Å². The summed E-state index contributed by atoms with van der Waals surface area (Å²) in [5.41, 5.74) is 7.58. The minimum atomic E-state index is 0.130. The molecule has 1 saturated heterocycles. The predicted molar refractivity (Wildman–Crippen MR) is 86.0 cm³/mol. The molecule has 2 rings (SSSR count). The molecule has 0 aromatic heterocycles. The number of hydrogen-bond acceptors (Lipinski definition) is 3. The Labute approximate surface area is 125 Å². The first-order valence-electron chi connectivity index (χ1n) is 6.98. The zero-order valence-corrected chi connectivity index (χ0v) is 13.3. The molecular weight excluding hydrogens is 276 g/mol. The van der Waals surface area contributed by atoms with Gasteiger partial charge in [-0.1, -0.05) is 36.7 Å². The number of thioether (sulfide) groups is 1. The Hall–Kier alpha value is -0.220. The first-order chi connectivity index (χ1) is 9.15. The number of nitrogens with two attached hydrogens (primary N) is 1. The summed E-state index contributed by atoms with van der Waals surface area (Å²) < 4.78 is 0. The third-order valence-electron chi connectivity index (χ3n) is 3.88. The number of rotatable bonds is 4. The molecule has 0 aliphatic carbocycles. The van der Waals surface area contributed by atoms with Crippen molar-refractivity contribution in [1.29, 1.82) is 0 Å². The van der Waals surface area contributed by atoms with Gasteiger partial charge in [0.15, 0.2) is 0 Å². The van der Waals surface area contributed by atoms with Crippen molar-refractivity contribution in [1.82, 2.24) is 4.90 Å². The molecule has 1 aromatic rings. The van der Waals surface area contributed by atoms with Gasteiger partial charge in [-0.25, -0.2) is 0 Å². The van der Waals surface area contributed by atoms with Crippen LogP contribution in [0.15, 0.2) is 24.3 Å². The van der Waals surface area contributed by atoms with Crippen molar-refractivity contribution in [2.45, 2.75) is 38.4 Å². The SMILES string of the molecule is CCC(N)C(c1ccccc1Cl)N1CCSCC1C. The van der Waals surface area contributed by atoms with Gasteiger partial charge in [0.25, 0.3) is 0 Å². The van der Waals surface area contributed by atoms with Crippen LogP contribution >= 0.6 is 23.4 Å². The summed E-state index contributed by atoms with van der Waals surface area (Å²) in [5, 5.41) is 0.835. The Balaban J connectivity index is 2.33. The quantitative estimate of drug-likeness (QED) is 0.921. The van der Waals surface area contributed by atoms with Gasteiger partial charge in [0.1, 0.15) is 0 Å². The zero-order valence-electron chi connectivity index (χ0n) is 11.7. The average molecular weight is 299 g/mol. The molecule has 0 spiro atoms. The summed E-state index contributed by atoms with van der Waals surface area (Å²) in [7, 11) is 0. The molecule has 1 aliphatic rings. The monoisotopic (exact) mass is 298 g/mol. The van der Waals surface area contributed by atoms with Crippen LogP contribution in [0.2, 0.25) is 5.02 Å². The Morgan fingerprint density at radius 3 is 2.84 bits per heavy atom. The highest BCUT2D eigenvalue weighted by Crippen LogP contribution is 2.34. The molecule has 0 saturated carbocycles. The second kappa shape index (κ2) is 6.98. The van der Waals surface area contributed by atoms with E-state index in [0.29, 0.717) is 6.04 Å². The molecule has 4 heteroatoms. The number of hydrogen-bond donors (Lipinski definition) is 1. The first kappa shape index (κ1) is 15.2. The second-order valence-electron chi connectivity index (χ2n) is 5.20. The third kappa shape index (κ3) is 3.46. The van der Waals surface area contributed by atoms with E-state index < -0.39 is 0 Å². The summed E-state index contributed by atoms with van der Waals surface area (Å²) in [6, 6.07) is 9.04. The molecule has 3 unspecified atom stereocenters. The highest BCUT2D eigenvalue weighted by Gasteiger charge is 2.32. The van der Waals surface area contributed by atoms with Crippen LogP contribution in [0.25, 0.3) is 0 Å². The minimum Gasteiger partial charge on any atom is -0.326 e. The average Bonchev–Trinajstić information content (AvgIpc) is 2.43. The van der Waals surface area contributed by atoms with E-state index in [2.05, 4.69) is 30.9 Å². The second-order valence-corrected chi connectivity index (χ2v) is 6.76. The molecule has 2 nitrogen and oxygen atoms in total. The van der Waals surface area contributed by atoms with Gasteiger partial charge < -0.3 is 5.73 Å². The molecular formula is C15H23ClN2S. The van der Waals surface area contributed by atoms with E-state index in [0.717, 1.165) is 18.0 Å². The van der Waals surface area contributed by atoms with Crippen LogP contribution in [0.1, 0.15) is 31.9 Å². The maximum absolute atomic E-state index is 6.40. The first-order valence-corrected chi connectivity index (χ1v) is 8.52. The fourth-order valence-corrected chi connectivity index (χ4v) is 4.03. The largest absolute Gasteiger partial charge is 0.326 e. The van der Waals surface area contributed by atoms with Crippen LogP contribution < -0.4 is 5.73 Å². The molecule has 19 heavy (non-hydrogen) atoms. The smallest absolute Gasteiger partial charge is 0.0517 e. The van der Waals surface area contributed by atoms with Gasteiger partial charge in [0, 0.05) is 35.2 Å². The molecule has 0 radical (unpaired) electrons. The maximum atomic E-state index is 6.40. The molecule has 1 aromatic carbocycles. The van der Waals surface area contributed by atoms with Crippen LogP contribution in [-0.2, 0) is 0 Å². The van der Waals surface area contributed by atoms with Gasteiger partial charge in [-0.15, -0.1) is 0 Å². The Morgan fingerprint density at radius 1 is 1.47 bits per heavy atom. The van der Waals surface area contributed by atoms with Gasteiger partial charge in [-0.2, -0.15) is 11.8 Å². The normalized spacial score (nSPS) is 24.1. The summed E-state index contributed by atoms with van der Waals surface area (Å²) in [6.07, 6.45) is 0.965. The van der Waals surface area contributed by atoms with E-state index in [1.165, 1.54) is 17.1 Å². The standard InChI is InChI=1S/C15H23ClN2S/c1-3-14(17)15(12-6-4-5-7-13(12)16)18-8-9-19-10-11(18)2/h4-7,11,14-15H,3,8-10,17H2,1-2H3. The van der Waals surface area contributed by atoms with Crippen molar-refractivity contribution < 1.29 is 0 Å². The lowest BCUT2D eigenvalue weighted by Gasteiger charge is -2.42. The van der Waals surface area contributed by atoms with Gasteiger partial charge in [0.2, 0.25) is 0 Å². The van der Waals surface area contributed by atoms with Crippen LogP contribution in [0.4, 0.5) is 0 Å². The van der Waals surface area contributed by atoms with Gasteiger partial charge in [0.05, 0.1) is 6.04 Å². The summed E-state index contributed by atoms with van der Waals surface area (Å²) in [4.78, 5) is 2.53. The molecule has 1 aliphatic heterocycles. The van der Waals surface area contributed by atoms with E-state index in [1.54, 1.807) is 0 Å². The summed E-state index contributed by atoms with van der Waals surface area (Å²) >= 11 is 8.43. The third-order valence-corrected chi connectivity index (χ3v) is 5.41. The van der Waals surface area contributed by atoms with E-state index in [-0.39, 0.29) is 12.1 Å². The molecule has 3 atom stereocenters. The maximum Gasteiger partial charge on any atom is 0.0517 e. The van der Waals surface area contributed by atoms with E-state index in [9.17, 15) is 0 Å². The van der Waals surface area contributed by atoms with Crippen LogP contribution in [0.5, 0.6) is 0 Å². The number of halogens is 1. The highest BCUT2D eigenvalue weighted by atomic mass is 35.5. The van der Waals surface area contributed by atoms with E-state index >= 15 is 0 Å². The van der Waals surface area contributed by atoms with Crippen LogP contribution in [0.3, 0.4) is 0 Å². The zero-order chi connectivity index (χ0) is 13.8. The molecule has 1 heterocycles. The summed E-state index contributed by atoms with van der Waals surface area (Å²) in [5.74, 6) is 2.36.